The Kier molecular flexibility index (Phi) is 4.14. The number of aromatic nitrogens is 3. The van der Waals surface area contributed by atoms with Crippen LogP contribution in [0.5, 0.6) is 5.75 Å². The number of hydrogen-bond acceptors (Lipinski definition) is 6. The average molecular weight is 344 g/mol. The molecule has 0 radical (unpaired) electrons. The van der Waals surface area contributed by atoms with Crippen LogP contribution in [0, 0.1) is 0 Å². The number of ether oxygens (including phenoxy) is 2. The standard InChI is InChI=1S/C17H20N4O4/c1-24-15-3-2-11(6-13(15)17(22)23)8-20-5-4-14-16(9-20)25-10-12-7-18-19-21(12)14/h2-3,6-7,14,16H,4-5,8-10H2,1H3,(H,22,23)/t14-,16-/m0/s1. The molecule has 1 fully saturated rings. The van der Waals surface area contributed by atoms with Crippen molar-refractivity contribution in [3.05, 3.63) is 41.2 Å². The molecule has 0 aliphatic carbocycles. The molecule has 0 unspecified atom stereocenters. The molecule has 2 atom stereocenters. The molecular weight excluding hydrogens is 324 g/mol. The Hall–Kier alpha value is -2.45. The molecule has 4 rings (SSSR count). The quantitative estimate of drug-likeness (QED) is 0.895. The highest BCUT2D eigenvalue weighted by Crippen LogP contribution is 2.31. The first-order valence-corrected chi connectivity index (χ1v) is 8.29. The Morgan fingerprint density at radius 2 is 2.36 bits per heavy atom. The van der Waals surface area contributed by atoms with Crippen molar-refractivity contribution in [1.82, 2.24) is 19.9 Å². The third kappa shape index (κ3) is 2.98. The summed E-state index contributed by atoms with van der Waals surface area (Å²) in [5, 5.41) is 17.5. The Bertz CT molecular complexity index is 791. The predicted octanol–water partition coefficient (Wildman–Crippen LogP) is 1.33. The topological polar surface area (TPSA) is 89.7 Å². The number of benzene rings is 1. The number of carboxylic acids is 1. The van der Waals surface area contributed by atoms with Crippen molar-refractivity contribution < 1.29 is 19.4 Å². The highest BCUT2D eigenvalue weighted by atomic mass is 16.5. The molecule has 8 heteroatoms. The van der Waals surface area contributed by atoms with Crippen LogP contribution in [0.15, 0.2) is 24.4 Å². The maximum absolute atomic E-state index is 11.4. The second-order valence-corrected chi connectivity index (χ2v) is 6.45. The minimum atomic E-state index is -0.980. The third-order valence-electron chi connectivity index (χ3n) is 4.92. The molecule has 0 saturated carbocycles. The number of aromatic carboxylic acids is 1. The van der Waals surface area contributed by atoms with Gasteiger partial charge in [-0.2, -0.15) is 0 Å². The molecular formula is C17H20N4O4. The number of carboxylic acid groups (broad SMARTS) is 1. The first-order valence-electron chi connectivity index (χ1n) is 8.29. The van der Waals surface area contributed by atoms with E-state index in [1.165, 1.54) is 7.11 Å². The molecule has 25 heavy (non-hydrogen) atoms. The normalized spacial score (nSPS) is 22.9. The summed E-state index contributed by atoms with van der Waals surface area (Å²) in [6, 6.07) is 5.54. The number of hydrogen-bond donors (Lipinski definition) is 1. The average Bonchev–Trinajstić information content (AvgIpc) is 3.10. The molecule has 8 nitrogen and oxygen atoms in total. The number of fused-ring (bicyclic) bond motifs is 3. The van der Waals surface area contributed by atoms with E-state index < -0.39 is 5.97 Å². The summed E-state index contributed by atoms with van der Waals surface area (Å²) in [6.07, 6.45) is 2.77. The van der Waals surface area contributed by atoms with Crippen LogP contribution in [0.1, 0.15) is 34.1 Å². The predicted molar refractivity (Wildman–Crippen MR) is 87.5 cm³/mol. The van der Waals surface area contributed by atoms with E-state index in [4.69, 9.17) is 9.47 Å². The van der Waals surface area contributed by atoms with Gasteiger partial charge in [0.25, 0.3) is 0 Å². The number of nitrogens with zero attached hydrogens (tertiary/aromatic N) is 4. The van der Waals surface area contributed by atoms with Gasteiger partial charge in [0, 0.05) is 19.6 Å². The van der Waals surface area contributed by atoms with Gasteiger partial charge in [0.15, 0.2) is 0 Å². The van der Waals surface area contributed by atoms with Gasteiger partial charge in [-0.25, -0.2) is 9.48 Å². The minimum Gasteiger partial charge on any atom is -0.496 e. The first kappa shape index (κ1) is 16.0. The molecule has 1 aromatic heterocycles. The van der Waals surface area contributed by atoms with Crippen LogP contribution in [-0.4, -0.2) is 57.3 Å². The van der Waals surface area contributed by atoms with Gasteiger partial charge in [0.05, 0.1) is 37.8 Å². The summed E-state index contributed by atoms with van der Waals surface area (Å²) in [7, 11) is 1.48. The zero-order valence-electron chi connectivity index (χ0n) is 14.0. The molecule has 1 saturated heterocycles. The monoisotopic (exact) mass is 344 g/mol. The smallest absolute Gasteiger partial charge is 0.339 e. The fourth-order valence-corrected chi connectivity index (χ4v) is 3.67. The lowest BCUT2D eigenvalue weighted by atomic mass is 9.99. The summed E-state index contributed by atoms with van der Waals surface area (Å²) in [5.41, 5.74) is 2.17. The highest BCUT2D eigenvalue weighted by molar-refractivity contribution is 5.91. The highest BCUT2D eigenvalue weighted by Gasteiger charge is 2.36. The third-order valence-corrected chi connectivity index (χ3v) is 4.92. The van der Waals surface area contributed by atoms with Crippen LogP contribution < -0.4 is 4.74 Å². The van der Waals surface area contributed by atoms with Crippen molar-refractivity contribution in [2.24, 2.45) is 0 Å². The minimum absolute atomic E-state index is 0.0835. The van der Waals surface area contributed by atoms with Crippen molar-refractivity contribution >= 4 is 5.97 Å². The van der Waals surface area contributed by atoms with Crippen molar-refractivity contribution in [3.63, 3.8) is 0 Å². The number of methoxy groups -OCH3 is 1. The lowest BCUT2D eigenvalue weighted by Crippen LogP contribution is -2.48. The van der Waals surface area contributed by atoms with Gasteiger partial charge < -0.3 is 14.6 Å². The summed E-state index contributed by atoms with van der Waals surface area (Å²) >= 11 is 0. The lowest BCUT2D eigenvalue weighted by Gasteiger charge is -2.41. The molecule has 2 aliphatic heterocycles. The van der Waals surface area contributed by atoms with Gasteiger partial charge in [0.1, 0.15) is 11.3 Å². The number of rotatable bonds is 4. The number of piperidine rings is 1. The molecule has 0 bridgehead atoms. The van der Waals surface area contributed by atoms with E-state index in [0.29, 0.717) is 18.9 Å². The fourth-order valence-electron chi connectivity index (χ4n) is 3.67. The van der Waals surface area contributed by atoms with Crippen molar-refractivity contribution in [1.29, 1.82) is 0 Å². The van der Waals surface area contributed by atoms with E-state index in [1.807, 2.05) is 10.7 Å². The van der Waals surface area contributed by atoms with Gasteiger partial charge in [0.2, 0.25) is 0 Å². The Morgan fingerprint density at radius 3 is 3.16 bits per heavy atom. The molecule has 0 spiro atoms. The summed E-state index contributed by atoms with van der Waals surface area (Å²) < 4.78 is 13.1. The summed E-state index contributed by atoms with van der Waals surface area (Å²) in [4.78, 5) is 13.7. The second-order valence-electron chi connectivity index (χ2n) is 6.45. The molecule has 0 amide bonds. The molecule has 132 valence electrons. The Labute approximate surface area is 144 Å². The molecule has 1 N–H and O–H groups in total. The van der Waals surface area contributed by atoms with Crippen molar-refractivity contribution in [3.8, 4) is 5.75 Å². The SMILES string of the molecule is COc1ccc(CN2CC[C@H]3[C@H](C2)OCc2cnnn23)cc1C(=O)O. The Balaban J connectivity index is 1.47. The van der Waals surface area contributed by atoms with E-state index in [1.54, 1.807) is 18.3 Å². The second kappa shape index (κ2) is 6.45. The van der Waals surface area contributed by atoms with Gasteiger partial charge in [-0.1, -0.05) is 11.3 Å². The van der Waals surface area contributed by atoms with E-state index >= 15 is 0 Å². The summed E-state index contributed by atoms with van der Waals surface area (Å²) in [6.45, 7) is 2.91. The van der Waals surface area contributed by atoms with E-state index in [2.05, 4.69) is 15.2 Å². The lowest BCUT2D eigenvalue weighted by molar-refractivity contribution is -0.0704. The van der Waals surface area contributed by atoms with E-state index in [9.17, 15) is 9.90 Å². The largest absolute Gasteiger partial charge is 0.496 e. The Morgan fingerprint density at radius 1 is 1.48 bits per heavy atom. The van der Waals surface area contributed by atoms with Gasteiger partial charge in [-0.3, -0.25) is 4.90 Å². The van der Waals surface area contributed by atoms with E-state index in [0.717, 1.165) is 30.8 Å². The van der Waals surface area contributed by atoms with Crippen LogP contribution in [0.4, 0.5) is 0 Å². The molecule has 3 heterocycles. The van der Waals surface area contributed by atoms with Crippen molar-refractivity contribution in [2.75, 3.05) is 20.2 Å². The first-order chi connectivity index (χ1) is 12.2. The van der Waals surface area contributed by atoms with Crippen LogP contribution in [0.25, 0.3) is 0 Å². The molecule has 2 aromatic rings. The van der Waals surface area contributed by atoms with Gasteiger partial charge >= 0.3 is 5.97 Å². The van der Waals surface area contributed by atoms with Gasteiger partial charge in [-0.15, -0.1) is 5.10 Å². The maximum atomic E-state index is 11.4. The van der Waals surface area contributed by atoms with E-state index in [-0.39, 0.29) is 17.7 Å². The number of carbonyl (C=O) groups is 1. The maximum Gasteiger partial charge on any atom is 0.339 e. The van der Waals surface area contributed by atoms with Crippen LogP contribution in [-0.2, 0) is 17.9 Å². The van der Waals surface area contributed by atoms with Crippen LogP contribution in [0.3, 0.4) is 0 Å². The zero-order chi connectivity index (χ0) is 17.4. The van der Waals surface area contributed by atoms with Crippen LogP contribution in [0.2, 0.25) is 0 Å². The van der Waals surface area contributed by atoms with Crippen molar-refractivity contribution in [2.45, 2.75) is 31.7 Å². The van der Waals surface area contributed by atoms with Gasteiger partial charge in [-0.05, 0) is 24.1 Å². The molecule has 2 aliphatic rings. The van der Waals surface area contributed by atoms with Crippen LogP contribution >= 0.6 is 0 Å². The zero-order valence-corrected chi connectivity index (χ0v) is 14.0. The fraction of sp³-hybridized carbons (Fsp3) is 0.471. The molecule has 1 aromatic carbocycles. The number of likely N-dealkylation sites (tertiary alicyclic amines) is 1. The summed E-state index contributed by atoms with van der Waals surface area (Å²) in [5.74, 6) is -0.601.